The zero-order chi connectivity index (χ0) is 18.3. The van der Waals surface area contributed by atoms with E-state index in [0.717, 1.165) is 58.2 Å². The Morgan fingerprint density at radius 3 is 2.65 bits per heavy atom. The number of halogens is 1. The van der Waals surface area contributed by atoms with Gasteiger partial charge in [0, 0.05) is 26.2 Å². The van der Waals surface area contributed by atoms with Gasteiger partial charge in [0.25, 0.3) is 0 Å². The zero-order valence-corrected chi connectivity index (χ0v) is 17.3. The number of hydrogen-bond donors (Lipinski definition) is 2. The fraction of sp³-hybridized carbons (Fsp3) is 0.895. The monoisotopic (exact) mass is 389 g/mol. The lowest BCUT2D eigenvalue weighted by Gasteiger charge is -2.42. The van der Waals surface area contributed by atoms with Crippen LogP contribution in [0.4, 0.5) is 0 Å². The van der Waals surface area contributed by atoms with Crippen molar-refractivity contribution in [1.29, 1.82) is 0 Å². The zero-order valence-electron chi connectivity index (χ0n) is 16.5. The van der Waals surface area contributed by atoms with Crippen molar-refractivity contribution in [2.75, 3.05) is 39.9 Å². The van der Waals surface area contributed by atoms with Crippen LogP contribution in [0.5, 0.6) is 0 Å². The van der Waals surface area contributed by atoms with Crippen molar-refractivity contribution in [3.8, 4) is 0 Å². The van der Waals surface area contributed by atoms with Crippen LogP contribution < -0.4 is 10.6 Å². The van der Waals surface area contributed by atoms with E-state index in [0.29, 0.717) is 13.2 Å². The summed E-state index contributed by atoms with van der Waals surface area (Å²) in [6, 6.07) is 0.202. The van der Waals surface area contributed by atoms with E-state index < -0.39 is 5.41 Å². The predicted octanol–water partition coefficient (Wildman–Crippen LogP) is 1.97. The molecule has 2 unspecified atom stereocenters. The van der Waals surface area contributed by atoms with Crippen LogP contribution in [0.2, 0.25) is 0 Å². The number of carbonyl (C=O) groups excluding carboxylic acids is 2. The molecule has 2 atom stereocenters. The molecule has 0 radical (unpaired) electrons. The first kappa shape index (κ1) is 23.2. The van der Waals surface area contributed by atoms with Crippen molar-refractivity contribution in [1.82, 2.24) is 15.5 Å². The van der Waals surface area contributed by atoms with Gasteiger partial charge in [0.1, 0.15) is 0 Å². The molecular weight excluding hydrogens is 354 g/mol. The van der Waals surface area contributed by atoms with Gasteiger partial charge in [0.05, 0.1) is 17.9 Å². The summed E-state index contributed by atoms with van der Waals surface area (Å²) in [5.41, 5.74) is -0.423. The van der Waals surface area contributed by atoms with E-state index in [2.05, 4.69) is 24.5 Å². The Labute approximate surface area is 164 Å². The van der Waals surface area contributed by atoms with Crippen LogP contribution in [-0.4, -0.2) is 62.7 Å². The van der Waals surface area contributed by atoms with Gasteiger partial charge in [-0.05, 0) is 52.1 Å². The average molecular weight is 390 g/mol. The quantitative estimate of drug-likeness (QED) is 0.698. The maximum atomic E-state index is 13.2. The third kappa shape index (κ3) is 5.83. The Hall–Kier alpha value is -0.850. The van der Waals surface area contributed by atoms with Crippen LogP contribution in [0, 0.1) is 11.3 Å². The smallest absolute Gasteiger partial charge is 0.231 e. The summed E-state index contributed by atoms with van der Waals surface area (Å²) >= 11 is 0. The largest absolute Gasteiger partial charge is 0.384 e. The second-order valence-corrected chi connectivity index (χ2v) is 7.75. The average Bonchev–Trinajstić information content (AvgIpc) is 2.62. The van der Waals surface area contributed by atoms with Gasteiger partial charge in [0.15, 0.2) is 0 Å². The van der Waals surface area contributed by atoms with Gasteiger partial charge in [0.2, 0.25) is 11.8 Å². The molecule has 7 heteroatoms. The minimum Gasteiger partial charge on any atom is -0.384 e. The first-order chi connectivity index (χ1) is 12.0. The van der Waals surface area contributed by atoms with Crippen molar-refractivity contribution in [3.05, 3.63) is 0 Å². The van der Waals surface area contributed by atoms with Crippen LogP contribution in [-0.2, 0) is 14.3 Å². The van der Waals surface area contributed by atoms with E-state index in [9.17, 15) is 9.59 Å². The van der Waals surface area contributed by atoms with E-state index in [4.69, 9.17) is 4.74 Å². The Balaban J connectivity index is 0.00000338. The van der Waals surface area contributed by atoms with Crippen LogP contribution in [0.25, 0.3) is 0 Å². The molecule has 0 spiro atoms. The molecule has 2 heterocycles. The molecule has 2 fully saturated rings. The lowest BCUT2D eigenvalue weighted by molar-refractivity contribution is -0.150. The summed E-state index contributed by atoms with van der Waals surface area (Å²) in [4.78, 5) is 27.7. The highest BCUT2D eigenvalue weighted by atomic mass is 35.5. The highest BCUT2D eigenvalue weighted by Crippen LogP contribution is 2.33. The Morgan fingerprint density at radius 2 is 2.04 bits per heavy atom. The second-order valence-electron chi connectivity index (χ2n) is 7.75. The Kier molecular flexibility index (Phi) is 9.90. The Bertz CT molecular complexity index is 450. The van der Waals surface area contributed by atoms with Gasteiger partial charge < -0.3 is 20.3 Å². The van der Waals surface area contributed by atoms with Crippen molar-refractivity contribution in [2.45, 2.75) is 58.4 Å². The second kappa shape index (κ2) is 11.1. The molecule has 26 heavy (non-hydrogen) atoms. The molecule has 2 aliphatic rings. The van der Waals surface area contributed by atoms with Crippen molar-refractivity contribution in [2.24, 2.45) is 11.3 Å². The molecule has 2 N–H and O–H groups in total. The van der Waals surface area contributed by atoms with Gasteiger partial charge in [-0.25, -0.2) is 0 Å². The number of likely N-dealkylation sites (tertiary alicyclic amines) is 1. The molecule has 6 nitrogen and oxygen atoms in total. The highest BCUT2D eigenvalue weighted by molar-refractivity contribution is 5.85. The minimum absolute atomic E-state index is 0. The standard InChI is InChI=1S/C19H35N3O3.ClH/c1-4-6-15(2)21-17(23)16-7-5-12-22(13-16)18(24)19(14-25-3)8-10-20-11-9-19;/h15-16,20H,4-14H2,1-3H3,(H,21,23);1H. The molecule has 0 aromatic heterocycles. The van der Waals surface area contributed by atoms with Gasteiger partial charge in [-0.2, -0.15) is 0 Å². The van der Waals surface area contributed by atoms with Crippen LogP contribution >= 0.6 is 12.4 Å². The lowest BCUT2D eigenvalue weighted by Crippen LogP contribution is -2.55. The van der Waals surface area contributed by atoms with Gasteiger partial charge >= 0.3 is 0 Å². The number of rotatable bonds is 7. The molecule has 152 valence electrons. The highest BCUT2D eigenvalue weighted by Gasteiger charge is 2.43. The van der Waals surface area contributed by atoms with Crippen LogP contribution in [0.15, 0.2) is 0 Å². The molecule has 0 aromatic carbocycles. The summed E-state index contributed by atoms with van der Waals surface area (Å²) in [6.45, 7) is 7.64. The maximum absolute atomic E-state index is 13.2. The van der Waals surface area contributed by atoms with Crippen LogP contribution in [0.1, 0.15) is 52.4 Å². The molecule has 2 aliphatic heterocycles. The molecule has 2 amide bonds. The van der Waals surface area contributed by atoms with E-state index in [1.807, 2.05) is 4.90 Å². The van der Waals surface area contributed by atoms with Crippen molar-refractivity contribution in [3.63, 3.8) is 0 Å². The van der Waals surface area contributed by atoms with Crippen molar-refractivity contribution >= 4 is 24.2 Å². The first-order valence-corrected chi connectivity index (χ1v) is 9.82. The fourth-order valence-corrected chi connectivity index (χ4v) is 4.18. The lowest BCUT2D eigenvalue weighted by atomic mass is 9.77. The number of amides is 2. The van der Waals surface area contributed by atoms with E-state index >= 15 is 0 Å². The van der Waals surface area contributed by atoms with E-state index in [1.165, 1.54) is 0 Å². The summed E-state index contributed by atoms with van der Waals surface area (Å²) < 4.78 is 5.40. The van der Waals surface area contributed by atoms with Gasteiger partial charge in [-0.15, -0.1) is 12.4 Å². The summed E-state index contributed by atoms with van der Waals surface area (Å²) in [5.74, 6) is 0.192. The van der Waals surface area contributed by atoms with Gasteiger partial charge in [-0.3, -0.25) is 9.59 Å². The molecule has 2 rings (SSSR count). The molecular formula is C19H36ClN3O3. The number of carbonyl (C=O) groups is 2. The first-order valence-electron chi connectivity index (χ1n) is 9.82. The fourth-order valence-electron chi connectivity index (χ4n) is 4.18. The van der Waals surface area contributed by atoms with Crippen LogP contribution in [0.3, 0.4) is 0 Å². The minimum atomic E-state index is -0.423. The Morgan fingerprint density at radius 1 is 1.35 bits per heavy atom. The third-order valence-corrected chi connectivity index (χ3v) is 5.62. The third-order valence-electron chi connectivity index (χ3n) is 5.62. The normalized spacial score (nSPS) is 23.7. The maximum Gasteiger partial charge on any atom is 0.231 e. The number of methoxy groups -OCH3 is 1. The number of nitrogens with one attached hydrogen (secondary N) is 2. The topological polar surface area (TPSA) is 70.7 Å². The molecule has 0 aliphatic carbocycles. The van der Waals surface area contributed by atoms with Crippen molar-refractivity contribution < 1.29 is 14.3 Å². The predicted molar refractivity (Wildman–Crippen MR) is 105 cm³/mol. The number of piperidine rings is 2. The number of hydrogen-bond acceptors (Lipinski definition) is 4. The summed E-state index contributed by atoms with van der Waals surface area (Å²) in [5, 5.41) is 6.44. The molecule has 0 saturated carbocycles. The van der Waals surface area contributed by atoms with Gasteiger partial charge in [-0.1, -0.05) is 13.3 Å². The summed E-state index contributed by atoms with van der Waals surface area (Å²) in [6.07, 6.45) is 5.43. The molecule has 0 bridgehead atoms. The SMILES string of the molecule is CCCC(C)NC(=O)C1CCCN(C(=O)C2(COC)CCNCC2)C1.Cl. The number of nitrogens with zero attached hydrogens (tertiary/aromatic N) is 1. The summed E-state index contributed by atoms with van der Waals surface area (Å²) in [7, 11) is 1.67. The molecule has 0 aromatic rings. The number of ether oxygens (including phenoxy) is 1. The van der Waals surface area contributed by atoms with E-state index in [-0.39, 0.29) is 36.2 Å². The molecule has 2 saturated heterocycles. The van der Waals surface area contributed by atoms with E-state index in [1.54, 1.807) is 7.11 Å².